The van der Waals surface area contributed by atoms with Gasteiger partial charge in [0.15, 0.2) is 0 Å². The van der Waals surface area contributed by atoms with E-state index in [-0.39, 0.29) is 5.56 Å². The Bertz CT molecular complexity index is 672. The van der Waals surface area contributed by atoms with E-state index in [4.69, 9.17) is 4.74 Å². The molecule has 0 radical (unpaired) electrons. The summed E-state index contributed by atoms with van der Waals surface area (Å²) < 4.78 is 7.10. The Morgan fingerprint density at radius 2 is 1.90 bits per heavy atom. The number of benzene rings is 1. The molecule has 1 saturated carbocycles. The zero-order valence-electron chi connectivity index (χ0n) is 11.4. The van der Waals surface area contributed by atoms with E-state index in [1.807, 2.05) is 41.0 Å². The third-order valence-corrected chi connectivity index (χ3v) is 4.00. The van der Waals surface area contributed by atoms with Crippen LogP contribution < -0.4 is 10.3 Å². The molecule has 104 valence electrons. The van der Waals surface area contributed by atoms with Gasteiger partial charge >= 0.3 is 0 Å². The van der Waals surface area contributed by atoms with E-state index in [0.29, 0.717) is 11.8 Å². The van der Waals surface area contributed by atoms with E-state index in [1.54, 1.807) is 7.11 Å². The van der Waals surface area contributed by atoms with Crippen molar-refractivity contribution < 1.29 is 4.74 Å². The maximum Gasteiger partial charge on any atom is 0.255 e. The molecule has 1 heterocycles. The van der Waals surface area contributed by atoms with Crippen LogP contribution in [0.25, 0.3) is 11.3 Å². The molecule has 0 saturated heterocycles. The summed E-state index contributed by atoms with van der Waals surface area (Å²) >= 11 is 4.23. The molecule has 0 N–H and O–H groups in total. The van der Waals surface area contributed by atoms with Gasteiger partial charge in [-0.1, -0.05) is 6.07 Å². The molecule has 0 unspecified atom stereocenters. The number of hydrogen-bond donors (Lipinski definition) is 1. The van der Waals surface area contributed by atoms with Gasteiger partial charge in [-0.25, -0.2) is 0 Å². The lowest BCUT2D eigenvalue weighted by Gasteiger charge is -2.14. The molecule has 0 amide bonds. The number of rotatable bonds is 4. The van der Waals surface area contributed by atoms with Gasteiger partial charge in [0.2, 0.25) is 0 Å². The van der Waals surface area contributed by atoms with Crippen LogP contribution in [0.3, 0.4) is 0 Å². The van der Waals surface area contributed by atoms with E-state index in [9.17, 15) is 4.79 Å². The van der Waals surface area contributed by atoms with Crippen LogP contribution in [-0.2, 0) is 5.75 Å². The van der Waals surface area contributed by atoms with Gasteiger partial charge in [0.1, 0.15) is 5.75 Å². The number of hydrogen-bond acceptors (Lipinski definition) is 3. The largest absolute Gasteiger partial charge is 0.497 e. The van der Waals surface area contributed by atoms with Crippen molar-refractivity contribution in [3.8, 4) is 17.0 Å². The second-order valence-corrected chi connectivity index (χ2v) is 5.35. The highest BCUT2D eigenvalue weighted by Crippen LogP contribution is 2.37. The molecule has 3 nitrogen and oxygen atoms in total. The summed E-state index contributed by atoms with van der Waals surface area (Å²) in [6.45, 7) is 0. The second-order valence-electron chi connectivity index (χ2n) is 5.04. The molecule has 1 fully saturated rings. The Kier molecular flexibility index (Phi) is 3.57. The van der Waals surface area contributed by atoms with Crippen LogP contribution in [0.15, 0.2) is 41.2 Å². The zero-order chi connectivity index (χ0) is 14.1. The molecule has 2 aromatic rings. The Labute approximate surface area is 123 Å². The van der Waals surface area contributed by atoms with E-state index in [2.05, 4.69) is 12.6 Å². The van der Waals surface area contributed by atoms with Crippen LogP contribution in [0, 0.1) is 0 Å². The molecule has 1 aliphatic rings. The summed E-state index contributed by atoms with van der Waals surface area (Å²) in [6.07, 6.45) is 2.16. The van der Waals surface area contributed by atoms with E-state index < -0.39 is 0 Å². The number of nitrogens with zero attached hydrogens (tertiary/aromatic N) is 1. The van der Waals surface area contributed by atoms with Crippen LogP contribution in [0.2, 0.25) is 0 Å². The number of pyridine rings is 1. The maximum atomic E-state index is 12.5. The molecule has 3 rings (SSSR count). The van der Waals surface area contributed by atoms with Crippen molar-refractivity contribution in [3.05, 3.63) is 52.3 Å². The van der Waals surface area contributed by atoms with Crippen molar-refractivity contribution in [2.45, 2.75) is 24.6 Å². The van der Waals surface area contributed by atoms with Gasteiger partial charge in [-0.3, -0.25) is 4.79 Å². The highest BCUT2D eigenvalue weighted by atomic mass is 32.1. The zero-order valence-corrected chi connectivity index (χ0v) is 12.3. The Morgan fingerprint density at radius 1 is 1.20 bits per heavy atom. The van der Waals surface area contributed by atoms with Gasteiger partial charge in [0, 0.05) is 17.4 Å². The van der Waals surface area contributed by atoms with E-state index in [0.717, 1.165) is 35.4 Å². The van der Waals surface area contributed by atoms with Crippen LogP contribution >= 0.6 is 12.6 Å². The molecule has 0 spiro atoms. The van der Waals surface area contributed by atoms with Gasteiger partial charge < -0.3 is 9.30 Å². The molecule has 1 aromatic carbocycles. The SMILES string of the molecule is COc1ccc(-c2ccc(CS)c(=O)n2C2CC2)cc1. The number of aromatic nitrogens is 1. The van der Waals surface area contributed by atoms with Crippen LogP contribution in [0.1, 0.15) is 24.4 Å². The van der Waals surface area contributed by atoms with Gasteiger partial charge in [0.25, 0.3) is 5.56 Å². The molecule has 0 aliphatic heterocycles. The predicted octanol–water partition coefficient (Wildman–Crippen LogP) is 3.29. The lowest BCUT2D eigenvalue weighted by Crippen LogP contribution is -2.23. The van der Waals surface area contributed by atoms with Gasteiger partial charge in [-0.05, 0) is 48.7 Å². The molecule has 20 heavy (non-hydrogen) atoms. The molecular weight excluding hydrogens is 270 g/mol. The van der Waals surface area contributed by atoms with Crippen molar-refractivity contribution in [2.24, 2.45) is 0 Å². The van der Waals surface area contributed by atoms with E-state index >= 15 is 0 Å². The average molecular weight is 287 g/mol. The van der Waals surface area contributed by atoms with Crippen molar-refractivity contribution in [3.63, 3.8) is 0 Å². The molecule has 1 aliphatic carbocycles. The fourth-order valence-corrected chi connectivity index (χ4v) is 2.65. The van der Waals surface area contributed by atoms with Crippen molar-refractivity contribution in [1.82, 2.24) is 4.57 Å². The summed E-state index contributed by atoms with van der Waals surface area (Å²) in [5.74, 6) is 1.30. The Balaban J connectivity index is 2.12. The molecule has 0 atom stereocenters. The Hall–Kier alpha value is -1.68. The standard InChI is InChI=1S/C16H17NO2S/c1-19-14-7-2-11(3-8-14)15-9-4-12(10-20)16(18)17(15)13-5-6-13/h2-4,7-9,13,20H,5-6,10H2,1H3. The smallest absolute Gasteiger partial charge is 0.255 e. The van der Waals surface area contributed by atoms with Crippen LogP contribution in [-0.4, -0.2) is 11.7 Å². The minimum Gasteiger partial charge on any atom is -0.497 e. The van der Waals surface area contributed by atoms with Gasteiger partial charge in [-0.2, -0.15) is 12.6 Å². The molecule has 4 heteroatoms. The summed E-state index contributed by atoms with van der Waals surface area (Å²) in [6, 6.07) is 12.1. The highest BCUT2D eigenvalue weighted by Gasteiger charge is 2.27. The Morgan fingerprint density at radius 3 is 2.45 bits per heavy atom. The highest BCUT2D eigenvalue weighted by molar-refractivity contribution is 7.79. The van der Waals surface area contributed by atoms with Crippen molar-refractivity contribution in [2.75, 3.05) is 7.11 Å². The quantitative estimate of drug-likeness (QED) is 0.875. The average Bonchev–Trinajstić information content (AvgIpc) is 3.31. The first kappa shape index (κ1) is 13.3. The molecule has 0 bridgehead atoms. The van der Waals surface area contributed by atoms with Gasteiger partial charge in [0.05, 0.1) is 12.8 Å². The monoisotopic (exact) mass is 287 g/mol. The predicted molar refractivity (Wildman–Crippen MR) is 83.7 cm³/mol. The molecule has 1 aromatic heterocycles. The van der Waals surface area contributed by atoms with Crippen molar-refractivity contribution in [1.29, 1.82) is 0 Å². The van der Waals surface area contributed by atoms with E-state index in [1.165, 1.54) is 0 Å². The minimum atomic E-state index is 0.0934. The van der Waals surface area contributed by atoms with Gasteiger partial charge in [-0.15, -0.1) is 0 Å². The lowest BCUT2D eigenvalue weighted by molar-refractivity contribution is 0.415. The normalized spacial score (nSPS) is 14.3. The number of methoxy groups -OCH3 is 1. The fourth-order valence-electron chi connectivity index (χ4n) is 2.41. The number of thiol groups is 1. The van der Waals surface area contributed by atoms with Crippen molar-refractivity contribution >= 4 is 12.6 Å². The number of ether oxygens (including phenoxy) is 1. The lowest BCUT2D eigenvalue weighted by atomic mass is 10.1. The third-order valence-electron chi connectivity index (χ3n) is 3.66. The maximum absolute atomic E-state index is 12.5. The summed E-state index contributed by atoms with van der Waals surface area (Å²) in [4.78, 5) is 12.5. The topological polar surface area (TPSA) is 31.2 Å². The first-order valence-electron chi connectivity index (χ1n) is 6.74. The third kappa shape index (κ3) is 2.36. The second kappa shape index (κ2) is 5.37. The fraction of sp³-hybridized carbons (Fsp3) is 0.312. The minimum absolute atomic E-state index is 0.0934. The summed E-state index contributed by atoms with van der Waals surface area (Å²) in [5.41, 5.74) is 2.87. The van der Waals surface area contributed by atoms with Crippen LogP contribution in [0.5, 0.6) is 5.75 Å². The molecular formula is C16H17NO2S. The van der Waals surface area contributed by atoms with Crippen LogP contribution in [0.4, 0.5) is 0 Å². The summed E-state index contributed by atoms with van der Waals surface area (Å²) in [5, 5.41) is 0. The first-order chi connectivity index (χ1) is 9.74. The summed E-state index contributed by atoms with van der Waals surface area (Å²) in [7, 11) is 1.65. The first-order valence-corrected chi connectivity index (χ1v) is 7.37.